The Hall–Kier alpha value is -4.40. The van der Waals surface area contributed by atoms with Crippen molar-refractivity contribution < 1.29 is 19.4 Å². The number of anilines is 1. The molecule has 4 rings (SSSR count). The molecule has 1 fully saturated rings. The monoisotopic (exact) mass is 547 g/mol. The van der Waals surface area contributed by atoms with Crippen molar-refractivity contribution in [2.24, 2.45) is 0 Å². The normalized spacial score (nSPS) is 15.0. The molecule has 1 aromatic heterocycles. The minimum Gasteiger partial charge on any atom is -0.484 e. The van der Waals surface area contributed by atoms with Gasteiger partial charge in [-0.05, 0) is 24.6 Å². The molecule has 0 radical (unpaired) electrons. The second kappa shape index (κ2) is 12.9. The van der Waals surface area contributed by atoms with Gasteiger partial charge in [0.25, 0.3) is 11.5 Å². The van der Waals surface area contributed by atoms with Gasteiger partial charge in [0.1, 0.15) is 21.0 Å². The van der Waals surface area contributed by atoms with Crippen LogP contribution in [0.2, 0.25) is 0 Å². The number of carbonyl (C=O) groups excluding carboxylic acids is 1. The zero-order valence-corrected chi connectivity index (χ0v) is 22.3. The van der Waals surface area contributed by atoms with Crippen molar-refractivity contribution in [1.29, 1.82) is 5.26 Å². The summed E-state index contributed by atoms with van der Waals surface area (Å²) in [5.74, 6) is -0.962. The standard InChI is InChI=1S/C28H29N5O5S/c1-2-33-26(35)24(39-27(33)23(16-29)28(36)37)17-30-21-9-6-10-22(15-21)38-19-25(34)32-13-11-31(12-14-32)18-20-7-4-3-5-8-20/h3-10,15,17,30H,2,11-14,18-19H2,1H3,(H,36,37). The van der Waals surface area contributed by atoms with Gasteiger partial charge in [0.2, 0.25) is 0 Å². The number of aliphatic carboxylic acids is 1. The van der Waals surface area contributed by atoms with Crippen molar-refractivity contribution in [1.82, 2.24) is 14.4 Å². The van der Waals surface area contributed by atoms with Gasteiger partial charge in [0.05, 0.1) is 0 Å². The van der Waals surface area contributed by atoms with Crippen molar-refractivity contribution in [3.63, 3.8) is 0 Å². The van der Waals surface area contributed by atoms with Crippen LogP contribution in [0.5, 0.6) is 5.75 Å². The number of carboxylic acid groups (broad SMARTS) is 1. The predicted octanol–water partition coefficient (Wildman–Crippen LogP) is 1.26. The summed E-state index contributed by atoms with van der Waals surface area (Å²) in [6, 6.07) is 18.9. The van der Waals surface area contributed by atoms with Crippen molar-refractivity contribution in [2.45, 2.75) is 20.0 Å². The van der Waals surface area contributed by atoms with Gasteiger partial charge in [0.15, 0.2) is 12.2 Å². The smallest absolute Gasteiger partial charge is 0.349 e. The summed E-state index contributed by atoms with van der Waals surface area (Å²) in [6.07, 6.45) is 1.47. The first-order valence-corrected chi connectivity index (χ1v) is 13.3. The summed E-state index contributed by atoms with van der Waals surface area (Å²) in [6.45, 7) is 5.64. The van der Waals surface area contributed by atoms with Crippen LogP contribution in [-0.4, -0.2) is 64.1 Å². The fraction of sp³-hybridized carbons (Fsp3) is 0.286. The molecule has 3 aromatic rings. The second-order valence-electron chi connectivity index (χ2n) is 8.86. The molecule has 0 spiro atoms. The summed E-state index contributed by atoms with van der Waals surface area (Å²) >= 11 is 0.933. The number of carboxylic acids is 1. The Balaban J connectivity index is 1.35. The van der Waals surface area contributed by atoms with E-state index in [2.05, 4.69) is 22.3 Å². The summed E-state index contributed by atoms with van der Waals surface area (Å²) in [4.78, 5) is 41.0. The minimum absolute atomic E-state index is 0.0755. The Kier molecular flexibility index (Phi) is 9.14. The van der Waals surface area contributed by atoms with Crippen LogP contribution in [0.1, 0.15) is 12.5 Å². The van der Waals surface area contributed by atoms with Crippen molar-refractivity contribution in [3.05, 3.63) is 79.7 Å². The van der Waals surface area contributed by atoms with Gasteiger partial charge in [-0.1, -0.05) is 36.4 Å². The number of thiazole rings is 1. The molecule has 1 saturated heterocycles. The van der Waals surface area contributed by atoms with Gasteiger partial charge in [-0.2, -0.15) is 5.26 Å². The third kappa shape index (κ3) is 6.93. The molecule has 0 unspecified atom stereocenters. The summed E-state index contributed by atoms with van der Waals surface area (Å²) in [5, 5.41) is 21.5. The fourth-order valence-corrected chi connectivity index (χ4v) is 5.32. The Morgan fingerprint density at radius 3 is 2.54 bits per heavy atom. The number of nitrogens with one attached hydrogen (secondary N) is 1. The number of hydrogen-bond acceptors (Lipinski definition) is 8. The van der Waals surface area contributed by atoms with Gasteiger partial charge in [-0.15, -0.1) is 11.3 Å². The van der Waals surface area contributed by atoms with E-state index < -0.39 is 11.5 Å². The molecule has 1 amide bonds. The Morgan fingerprint density at radius 2 is 1.87 bits per heavy atom. The summed E-state index contributed by atoms with van der Waals surface area (Å²) in [5.41, 5.74) is 1.01. The number of hydrogen-bond donors (Lipinski definition) is 2. The van der Waals surface area contributed by atoms with E-state index in [0.717, 1.165) is 31.0 Å². The van der Waals surface area contributed by atoms with Crippen LogP contribution in [0.25, 0.3) is 11.8 Å². The maximum absolute atomic E-state index is 12.7. The highest BCUT2D eigenvalue weighted by atomic mass is 32.1. The number of carbonyl (C=O) groups is 2. The molecular formula is C28H29N5O5S. The number of nitrogens with zero attached hydrogens (tertiary/aromatic N) is 4. The number of aromatic nitrogens is 1. The number of benzene rings is 2. The molecular weight excluding hydrogens is 518 g/mol. The lowest BCUT2D eigenvalue weighted by Crippen LogP contribution is -2.49. The maximum atomic E-state index is 12.7. The molecule has 2 N–H and O–H groups in total. The van der Waals surface area contributed by atoms with Gasteiger partial charge in [-0.25, -0.2) is 4.79 Å². The Morgan fingerprint density at radius 1 is 1.13 bits per heavy atom. The third-order valence-corrected chi connectivity index (χ3v) is 7.43. The molecule has 202 valence electrons. The van der Waals surface area contributed by atoms with E-state index in [4.69, 9.17) is 4.74 Å². The van der Waals surface area contributed by atoms with E-state index in [9.17, 15) is 24.8 Å². The number of rotatable bonds is 9. The maximum Gasteiger partial charge on any atom is 0.349 e. The van der Waals surface area contributed by atoms with Crippen molar-refractivity contribution in [3.8, 4) is 11.8 Å². The molecule has 2 aromatic carbocycles. The first-order valence-electron chi connectivity index (χ1n) is 12.5. The first-order chi connectivity index (χ1) is 18.9. The van der Waals surface area contributed by atoms with Crippen molar-refractivity contribution >= 4 is 40.7 Å². The van der Waals surface area contributed by atoms with Gasteiger partial charge >= 0.3 is 5.97 Å². The number of nitriles is 1. The van der Waals surface area contributed by atoms with E-state index >= 15 is 0 Å². The fourth-order valence-electron chi connectivity index (χ4n) is 4.24. The molecule has 2 heterocycles. The molecule has 1 aliphatic heterocycles. The SMILES string of the molecule is CCn1c(=C(C#N)C(=O)O)sc(=CNc2cccc(OCC(=O)N3CCN(Cc4ccccc4)CC3)c2)c1=O. The lowest BCUT2D eigenvalue weighted by molar-refractivity contribution is -0.135. The highest BCUT2D eigenvalue weighted by Gasteiger charge is 2.21. The second-order valence-corrected chi connectivity index (χ2v) is 9.89. The number of amides is 1. The molecule has 0 bridgehead atoms. The third-order valence-electron chi connectivity index (χ3n) is 6.30. The van der Waals surface area contributed by atoms with E-state index in [-0.39, 0.29) is 33.8 Å². The van der Waals surface area contributed by atoms with E-state index in [1.807, 2.05) is 23.1 Å². The zero-order valence-electron chi connectivity index (χ0n) is 21.5. The van der Waals surface area contributed by atoms with Gasteiger partial charge < -0.3 is 20.1 Å². The number of ether oxygens (including phenoxy) is 1. The van der Waals surface area contributed by atoms with Crippen LogP contribution in [-0.2, 0) is 22.7 Å². The Bertz CT molecular complexity index is 1550. The average Bonchev–Trinajstić information content (AvgIpc) is 3.26. The van der Waals surface area contributed by atoms with Crippen LogP contribution in [0, 0.1) is 11.3 Å². The average molecular weight is 548 g/mol. The topological polar surface area (TPSA) is 128 Å². The van der Waals surface area contributed by atoms with Gasteiger partial charge in [-0.3, -0.25) is 19.1 Å². The van der Waals surface area contributed by atoms with Crippen molar-refractivity contribution in [2.75, 3.05) is 38.1 Å². The molecule has 39 heavy (non-hydrogen) atoms. The molecule has 10 nitrogen and oxygen atoms in total. The zero-order chi connectivity index (χ0) is 27.8. The summed E-state index contributed by atoms with van der Waals surface area (Å²) in [7, 11) is 0. The lowest BCUT2D eigenvalue weighted by atomic mass is 10.2. The molecule has 1 aliphatic rings. The quantitative estimate of drug-likeness (QED) is 0.410. The van der Waals surface area contributed by atoms with Crippen LogP contribution >= 0.6 is 11.3 Å². The van der Waals surface area contributed by atoms with Gasteiger partial charge in [0, 0.05) is 57.2 Å². The highest BCUT2D eigenvalue weighted by Crippen LogP contribution is 2.18. The van der Waals surface area contributed by atoms with Crippen LogP contribution in [0.15, 0.2) is 59.4 Å². The first kappa shape index (κ1) is 27.6. The van der Waals surface area contributed by atoms with E-state index in [1.165, 1.54) is 16.3 Å². The molecule has 11 heteroatoms. The summed E-state index contributed by atoms with van der Waals surface area (Å²) < 4.78 is 7.36. The largest absolute Gasteiger partial charge is 0.484 e. The molecule has 0 saturated carbocycles. The minimum atomic E-state index is -1.38. The van der Waals surface area contributed by atoms with E-state index in [1.54, 1.807) is 37.3 Å². The predicted molar refractivity (Wildman–Crippen MR) is 148 cm³/mol. The lowest BCUT2D eigenvalue weighted by Gasteiger charge is -2.34. The molecule has 0 aliphatic carbocycles. The van der Waals surface area contributed by atoms with Crippen LogP contribution < -0.4 is 24.8 Å². The number of piperazine rings is 1. The van der Waals surface area contributed by atoms with E-state index in [0.29, 0.717) is 24.5 Å². The van der Waals surface area contributed by atoms with Crippen LogP contribution in [0.4, 0.5) is 5.69 Å². The Labute approximate surface area is 229 Å². The van der Waals surface area contributed by atoms with Crippen LogP contribution in [0.3, 0.4) is 0 Å². The highest BCUT2D eigenvalue weighted by molar-refractivity contribution is 7.07. The molecule has 0 atom stereocenters.